The molecule has 0 aromatic carbocycles. The molecule has 0 saturated heterocycles. The minimum Gasteiger partial charge on any atom is -0.330 e. The van der Waals surface area contributed by atoms with E-state index in [-0.39, 0.29) is 0 Å². The maximum atomic E-state index is 11.0. The molecule has 62 valence electrons. The molecule has 0 aliphatic rings. The third-order valence-electron chi connectivity index (χ3n) is 1.17. The van der Waals surface area contributed by atoms with E-state index >= 15 is 0 Å². The second kappa shape index (κ2) is 2.68. The summed E-state index contributed by atoms with van der Waals surface area (Å²) >= 11 is 1.17. The van der Waals surface area contributed by atoms with Gasteiger partial charge in [0.25, 0.3) is 0 Å². The number of thiazole rings is 1. The molecule has 1 aromatic heterocycles. The van der Waals surface area contributed by atoms with Gasteiger partial charge in [-0.25, -0.2) is 4.98 Å². The van der Waals surface area contributed by atoms with Gasteiger partial charge in [0.05, 0.1) is 10.7 Å². The van der Waals surface area contributed by atoms with Crippen LogP contribution in [0.5, 0.6) is 0 Å². The van der Waals surface area contributed by atoms with Gasteiger partial charge in [0.2, 0.25) is 0 Å². The summed E-state index contributed by atoms with van der Waals surface area (Å²) in [4.78, 5) is 13.0. The Kier molecular flexibility index (Phi) is 2.16. The summed E-state index contributed by atoms with van der Waals surface area (Å²) in [6.45, 7) is 3.45. The standard InChI is InChI=1S/C5H9N2O2PS/c1-3-5(10(6,8)9)11-4(2)7-3/h1-2H3,(H3,6,8,9). The molecule has 1 unspecified atom stereocenters. The van der Waals surface area contributed by atoms with Crippen LogP contribution in [0.3, 0.4) is 0 Å². The highest BCUT2D eigenvalue weighted by Gasteiger charge is 2.21. The van der Waals surface area contributed by atoms with Crippen LogP contribution < -0.4 is 10.1 Å². The molecule has 0 radical (unpaired) electrons. The van der Waals surface area contributed by atoms with Crippen LogP contribution in [0, 0.1) is 13.8 Å². The van der Waals surface area contributed by atoms with E-state index in [4.69, 9.17) is 10.4 Å². The van der Waals surface area contributed by atoms with Gasteiger partial charge in [0.15, 0.2) is 0 Å². The Hall–Kier alpha value is -0.220. The van der Waals surface area contributed by atoms with E-state index in [1.54, 1.807) is 13.8 Å². The Bertz CT molecular complexity index is 316. The average Bonchev–Trinajstić information content (AvgIpc) is 2.08. The number of hydrogen-bond acceptors (Lipinski definition) is 3. The topological polar surface area (TPSA) is 76.2 Å². The van der Waals surface area contributed by atoms with Crippen molar-refractivity contribution >= 4 is 23.5 Å². The first-order valence-corrected chi connectivity index (χ1v) is 5.52. The Labute approximate surface area is 68.6 Å². The van der Waals surface area contributed by atoms with Crippen molar-refractivity contribution in [2.75, 3.05) is 0 Å². The second-order valence-corrected chi connectivity index (χ2v) is 5.45. The van der Waals surface area contributed by atoms with Gasteiger partial charge < -0.3 is 4.89 Å². The van der Waals surface area contributed by atoms with Crippen LogP contribution in [0.4, 0.5) is 0 Å². The molecule has 11 heavy (non-hydrogen) atoms. The molecule has 4 nitrogen and oxygen atoms in total. The molecular formula is C5H9N2O2PS. The fourth-order valence-corrected chi connectivity index (χ4v) is 2.91. The number of nitrogens with zero attached hydrogens (tertiary/aromatic N) is 1. The summed E-state index contributed by atoms with van der Waals surface area (Å²) in [5.74, 6) is 0. The van der Waals surface area contributed by atoms with Gasteiger partial charge in [-0.2, -0.15) is 0 Å². The minimum absolute atomic E-state index is 0.301. The summed E-state index contributed by atoms with van der Waals surface area (Å²) < 4.78 is 11.3. The maximum Gasteiger partial charge on any atom is 0.306 e. The van der Waals surface area contributed by atoms with E-state index in [0.717, 1.165) is 5.01 Å². The average molecular weight is 192 g/mol. The van der Waals surface area contributed by atoms with E-state index in [1.807, 2.05) is 0 Å². The first kappa shape index (κ1) is 8.87. The van der Waals surface area contributed by atoms with Crippen LogP contribution >= 0.6 is 18.9 Å². The quantitative estimate of drug-likeness (QED) is 0.636. The summed E-state index contributed by atoms with van der Waals surface area (Å²) in [6.07, 6.45) is 0. The number of aromatic nitrogens is 1. The van der Waals surface area contributed by atoms with Crippen LogP contribution in [-0.4, -0.2) is 9.88 Å². The van der Waals surface area contributed by atoms with Gasteiger partial charge in [-0.15, -0.1) is 11.3 Å². The molecule has 0 aliphatic heterocycles. The number of hydrogen-bond donors (Lipinski definition) is 2. The number of aryl methyl sites for hydroxylation is 2. The molecule has 1 rings (SSSR count). The van der Waals surface area contributed by atoms with Gasteiger partial charge in [-0.1, -0.05) is 0 Å². The smallest absolute Gasteiger partial charge is 0.306 e. The van der Waals surface area contributed by atoms with E-state index < -0.39 is 7.52 Å². The highest BCUT2D eigenvalue weighted by atomic mass is 32.1. The fraction of sp³-hybridized carbons (Fsp3) is 0.400. The van der Waals surface area contributed by atoms with Crippen molar-refractivity contribution in [1.82, 2.24) is 4.98 Å². The van der Waals surface area contributed by atoms with Crippen LogP contribution in [0.1, 0.15) is 10.7 Å². The second-order valence-electron chi connectivity index (χ2n) is 2.25. The Balaban J connectivity index is 3.24. The third-order valence-corrected chi connectivity index (χ3v) is 4.01. The summed E-state index contributed by atoms with van der Waals surface area (Å²) in [5, 5.41) is 0.761. The molecular weight excluding hydrogens is 183 g/mol. The molecule has 1 atom stereocenters. The van der Waals surface area contributed by atoms with Gasteiger partial charge in [-0.05, 0) is 13.8 Å². The van der Waals surface area contributed by atoms with Crippen molar-refractivity contribution in [3.63, 3.8) is 0 Å². The van der Waals surface area contributed by atoms with Crippen molar-refractivity contribution in [3.05, 3.63) is 10.7 Å². The predicted octanol–water partition coefficient (Wildman–Crippen LogP) is 0.529. The lowest BCUT2D eigenvalue weighted by Gasteiger charge is -2.00. The molecule has 1 heterocycles. The van der Waals surface area contributed by atoms with Gasteiger partial charge in [-0.3, -0.25) is 10.1 Å². The lowest BCUT2D eigenvalue weighted by atomic mass is 10.6. The molecule has 0 saturated carbocycles. The number of nitrogens with two attached hydrogens (primary N) is 1. The highest BCUT2D eigenvalue weighted by Crippen LogP contribution is 2.32. The van der Waals surface area contributed by atoms with Crippen molar-refractivity contribution in [2.24, 2.45) is 5.50 Å². The van der Waals surface area contributed by atoms with Crippen LogP contribution in [-0.2, 0) is 4.57 Å². The van der Waals surface area contributed by atoms with Crippen molar-refractivity contribution in [2.45, 2.75) is 13.8 Å². The molecule has 1 aromatic rings. The SMILES string of the molecule is Cc1nc(C)c(P(N)(=O)O)s1. The zero-order chi connectivity index (χ0) is 8.65. The maximum absolute atomic E-state index is 11.0. The largest absolute Gasteiger partial charge is 0.330 e. The first-order chi connectivity index (χ1) is 4.91. The van der Waals surface area contributed by atoms with E-state index in [0.29, 0.717) is 10.3 Å². The predicted molar refractivity (Wildman–Crippen MR) is 45.2 cm³/mol. The minimum atomic E-state index is -3.58. The molecule has 3 N–H and O–H groups in total. The molecule has 0 aliphatic carbocycles. The number of rotatable bonds is 1. The van der Waals surface area contributed by atoms with Crippen molar-refractivity contribution in [3.8, 4) is 0 Å². The zero-order valence-electron chi connectivity index (χ0n) is 6.24. The summed E-state index contributed by atoms with van der Waals surface area (Å²) in [7, 11) is -3.58. The summed E-state index contributed by atoms with van der Waals surface area (Å²) in [6, 6.07) is 0. The summed E-state index contributed by atoms with van der Waals surface area (Å²) in [5.41, 5.74) is 5.61. The lowest BCUT2D eigenvalue weighted by Crippen LogP contribution is -2.09. The van der Waals surface area contributed by atoms with Crippen LogP contribution in [0.15, 0.2) is 0 Å². The Morgan fingerprint density at radius 1 is 1.64 bits per heavy atom. The molecule has 6 heteroatoms. The first-order valence-electron chi connectivity index (χ1n) is 2.97. The van der Waals surface area contributed by atoms with Gasteiger partial charge in [0, 0.05) is 0 Å². The van der Waals surface area contributed by atoms with Crippen molar-refractivity contribution < 1.29 is 9.46 Å². The zero-order valence-corrected chi connectivity index (χ0v) is 7.95. The molecule has 0 bridgehead atoms. The van der Waals surface area contributed by atoms with E-state index in [2.05, 4.69) is 4.98 Å². The van der Waals surface area contributed by atoms with Crippen LogP contribution in [0.25, 0.3) is 0 Å². The fourth-order valence-electron chi connectivity index (χ4n) is 0.818. The van der Waals surface area contributed by atoms with E-state index in [1.165, 1.54) is 11.3 Å². The third kappa shape index (κ3) is 1.87. The van der Waals surface area contributed by atoms with Crippen LogP contribution in [0.2, 0.25) is 0 Å². The van der Waals surface area contributed by atoms with Gasteiger partial charge in [0.1, 0.15) is 4.62 Å². The molecule has 0 amide bonds. The molecule has 0 spiro atoms. The normalized spacial score (nSPS) is 16.4. The highest BCUT2D eigenvalue weighted by molar-refractivity contribution is 7.70. The van der Waals surface area contributed by atoms with Gasteiger partial charge >= 0.3 is 7.52 Å². The lowest BCUT2D eigenvalue weighted by molar-refractivity contribution is 0.492. The Morgan fingerprint density at radius 2 is 2.18 bits per heavy atom. The van der Waals surface area contributed by atoms with Crippen molar-refractivity contribution in [1.29, 1.82) is 0 Å². The Morgan fingerprint density at radius 3 is 2.36 bits per heavy atom. The van der Waals surface area contributed by atoms with E-state index in [9.17, 15) is 4.57 Å². The monoisotopic (exact) mass is 192 g/mol. The molecule has 0 fully saturated rings.